The van der Waals surface area contributed by atoms with Gasteiger partial charge in [0.05, 0.1) is 14.2 Å². The van der Waals surface area contributed by atoms with Gasteiger partial charge in [-0.2, -0.15) is 0 Å². The smallest absolute Gasteiger partial charge is 0.323 e. The number of carbonyl (C=O) groups is 2. The van der Waals surface area contributed by atoms with Crippen LogP contribution in [-0.4, -0.2) is 26.0 Å². The van der Waals surface area contributed by atoms with Crippen molar-refractivity contribution in [1.82, 2.24) is 0 Å². The molecule has 4 heteroatoms. The van der Waals surface area contributed by atoms with E-state index in [1.807, 2.05) is 0 Å². The van der Waals surface area contributed by atoms with Crippen LogP contribution in [0.4, 0.5) is 0 Å². The Labute approximate surface area is 101 Å². The minimum absolute atomic E-state index is 0.194. The lowest BCUT2D eigenvalue weighted by molar-refractivity contribution is -0.150. The Morgan fingerprint density at radius 3 is 2.76 bits per heavy atom. The van der Waals surface area contributed by atoms with Crippen molar-refractivity contribution in [1.29, 1.82) is 0 Å². The molecule has 0 N–H and O–H groups in total. The molecule has 0 aromatic heterocycles. The number of hydrogen-bond acceptors (Lipinski definition) is 4. The lowest BCUT2D eigenvalue weighted by Gasteiger charge is -2.30. The molecular formula is C13H16O4. The molecule has 0 radical (unpaired) electrons. The Hall–Kier alpha value is -1.84. The number of allylic oxidation sites excluding steroid dienone is 3. The molecule has 1 rings (SSSR count). The molecule has 0 heterocycles. The average molecular weight is 236 g/mol. The number of ketones is 1. The lowest BCUT2D eigenvalue weighted by atomic mass is 9.77. The quantitative estimate of drug-likeness (QED) is 0.539. The van der Waals surface area contributed by atoms with E-state index in [-0.39, 0.29) is 5.78 Å². The van der Waals surface area contributed by atoms with Crippen molar-refractivity contribution in [3.63, 3.8) is 0 Å². The summed E-state index contributed by atoms with van der Waals surface area (Å²) in [5, 5.41) is 0. The maximum atomic E-state index is 11.9. The monoisotopic (exact) mass is 236 g/mol. The third kappa shape index (κ3) is 2.46. The SMILES string of the molecule is C=CCCC1(C(=O)OC)C=CC(=O)C=C1OC. The number of hydrogen-bond donors (Lipinski definition) is 0. The van der Waals surface area contributed by atoms with E-state index >= 15 is 0 Å². The van der Waals surface area contributed by atoms with E-state index in [0.717, 1.165) is 0 Å². The zero-order valence-electron chi connectivity index (χ0n) is 10.1. The van der Waals surface area contributed by atoms with Gasteiger partial charge in [0.15, 0.2) is 5.78 Å². The van der Waals surface area contributed by atoms with Gasteiger partial charge in [-0.05, 0) is 18.9 Å². The Balaban J connectivity index is 3.16. The Morgan fingerprint density at radius 2 is 2.24 bits per heavy atom. The second-order valence-corrected chi connectivity index (χ2v) is 3.74. The van der Waals surface area contributed by atoms with Crippen LogP contribution in [0.25, 0.3) is 0 Å². The number of carbonyl (C=O) groups excluding carboxylic acids is 2. The Morgan fingerprint density at radius 1 is 1.53 bits per heavy atom. The zero-order chi connectivity index (χ0) is 12.9. The zero-order valence-corrected chi connectivity index (χ0v) is 10.1. The Kier molecular flexibility index (Phi) is 4.26. The largest absolute Gasteiger partial charge is 0.499 e. The highest BCUT2D eigenvalue weighted by molar-refractivity contribution is 6.03. The first kappa shape index (κ1) is 13.2. The van der Waals surface area contributed by atoms with E-state index in [4.69, 9.17) is 9.47 Å². The van der Waals surface area contributed by atoms with Crippen LogP contribution in [0.5, 0.6) is 0 Å². The van der Waals surface area contributed by atoms with Gasteiger partial charge < -0.3 is 9.47 Å². The molecule has 92 valence electrons. The van der Waals surface area contributed by atoms with E-state index in [0.29, 0.717) is 18.6 Å². The van der Waals surface area contributed by atoms with Crippen molar-refractivity contribution < 1.29 is 19.1 Å². The van der Waals surface area contributed by atoms with Crippen LogP contribution in [0.2, 0.25) is 0 Å². The van der Waals surface area contributed by atoms with Gasteiger partial charge in [0.1, 0.15) is 11.2 Å². The first-order valence-electron chi connectivity index (χ1n) is 5.29. The van der Waals surface area contributed by atoms with Crippen molar-refractivity contribution in [2.45, 2.75) is 12.8 Å². The van der Waals surface area contributed by atoms with E-state index in [1.165, 1.54) is 26.4 Å². The number of rotatable bonds is 5. The number of ether oxygens (including phenoxy) is 2. The highest BCUT2D eigenvalue weighted by atomic mass is 16.5. The van der Waals surface area contributed by atoms with Crippen molar-refractivity contribution in [2.24, 2.45) is 5.41 Å². The molecule has 1 aliphatic rings. The molecule has 0 saturated carbocycles. The summed E-state index contributed by atoms with van der Waals surface area (Å²) >= 11 is 0. The first-order chi connectivity index (χ1) is 8.10. The van der Waals surface area contributed by atoms with E-state index < -0.39 is 11.4 Å². The molecule has 1 atom stereocenters. The minimum Gasteiger partial charge on any atom is -0.499 e. The normalized spacial score (nSPS) is 22.9. The van der Waals surface area contributed by atoms with E-state index in [9.17, 15) is 9.59 Å². The van der Waals surface area contributed by atoms with Crippen molar-refractivity contribution in [3.8, 4) is 0 Å². The molecule has 0 spiro atoms. The summed E-state index contributed by atoms with van der Waals surface area (Å²) < 4.78 is 9.95. The molecule has 4 nitrogen and oxygen atoms in total. The fourth-order valence-electron chi connectivity index (χ4n) is 1.84. The molecule has 0 amide bonds. The molecule has 1 unspecified atom stereocenters. The fraction of sp³-hybridized carbons (Fsp3) is 0.385. The van der Waals surface area contributed by atoms with Crippen LogP contribution in [0.15, 0.2) is 36.6 Å². The molecular weight excluding hydrogens is 220 g/mol. The maximum absolute atomic E-state index is 11.9. The van der Waals surface area contributed by atoms with E-state index in [2.05, 4.69) is 6.58 Å². The van der Waals surface area contributed by atoms with Gasteiger partial charge >= 0.3 is 5.97 Å². The summed E-state index contributed by atoms with van der Waals surface area (Å²) in [4.78, 5) is 23.2. The Bertz CT molecular complexity index is 392. The van der Waals surface area contributed by atoms with Crippen molar-refractivity contribution in [3.05, 3.63) is 36.6 Å². The van der Waals surface area contributed by atoms with Gasteiger partial charge in [-0.25, -0.2) is 0 Å². The predicted octanol–water partition coefficient (Wildman–Crippen LogP) is 1.78. The van der Waals surface area contributed by atoms with E-state index in [1.54, 1.807) is 12.2 Å². The number of esters is 1. The summed E-state index contributed by atoms with van der Waals surface area (Å²) in [7, 11) is 2.75. The fourth-order valence-corrected chi connectivity index (χ4v) is 1.84. The maximum Gasteiger partial charge on any atom is 0.323 e. The third-order valence-electron chi connectivity index (χ3n) is 2.76. The highest BCUT2D eigenvalue weighted by Gasteiger charge is 2.43. The van der Waals surface area contributed by atoms with Gasteiger partial charge in [0.25, 0.3) is 0 Å². The molecule has 0 aliphatic heterocycles. The molecule has 0 aromatic carbocycles. The molecule has 0 bridgehead atoms. The number of methoxy groups -OCH3 is 2. The molecule has 0 fully saturated rings. The first-order valence-corrected chi connectivity index (χ1v) is 5.29. The van der Waals surface area contributed by atoms with Gasteiger partial charge in [-0.1, -0.05) is 12.2 Å². The van der Waals surface area contributed by atoms with Crippen molar-refractivity contribution in [2.75, 3.05) is 14.2 Å². The van der Waals surface area contributed by atoms with Crippen LogP contribution >= 0.6 is 0 Å². The van der Waals surface area contributed by atoms with Crippen LogP contribution in [-0.2, 0) is 19.1 Å². The van der Waals surface area contributed by atoms with Gasteiger partial charge in [-0.15, -0.1) is 6.58 Å². The highest BCUT2D eigenvalue weighted by Crippen LogP contribution is 2.38. The predicted molar refractivity (Wildman–Crippen MR) is 63.1 cm³/mol. The van der Waals surface area contributed by atoms with Crippen molar-refractivity contribution >= 4 is 11.8 Å². The van der Waals surface area contributed by atoms with Gasteiger partial charge in [0, 0.05) is 6.08 Å². The molecule has 17 heavy (non-hydrogen) atoms. The molecule has 0 saturated heterocycles. The second kappa shape index (κ2) is 5.48. The second-order valence-electron chi connectivity index (χ2n) is 3.74. The summed E-state index contributed by atoms with van der Waals surface area (Å²) in [6, 6.07) is 0. The third-order valence-corrected chi connectivity index (χ3v) is 2.76. The van der Waals surface area contributed by atoms with Gasteiger partial charge in [-0.3, -0.25) is 9.59 Å². The standard InChI is InChI=1S/C13H16O4/c1-4-5-7-13(12(15)17-3)8-6-10(14)9-11(13)16-2/h4,6,8-9H,1,5,7H2,2-3H3. The van der Waals surface area contributed by atoms with Crippen LogP contribution in [0.3, 0.4) is 0 Å². The topological polar surface area (TPSA) is 52.6 Å². The summed E-state index contributed by atoms with van der Waals surface area (Å²) in [6.45, 7) is 3.62. The van der Waals surface area contributed by atoms with Crippen LogP contribution in [0.1, 0.15) is 12.8 Å². The molecule has 1 aliphatic carbocycles. The summed E-state index contributed by atoms with van der Waals surface area (Å²) in [5.41, 5.74) is -1.01. The van der Waals surface area contributed by atoms with Crippen LogP contribution in [0, 0.1) is 5.41 Å². The van der Waals surface area contributed by atoms with Crippen LogP contribution < -0.4 is 0 Å². The molecule has 0 aromatic rings. The summed E-state index contributed by atoms with van der Waals surface area (Å²) in [5.74, 6) is -0.310. The minimum atomic E-state index is -1.01. The van der Waals surface area contributed by atoms with Gasteiger partial charge in [0.2, 0.25) is 0 Å². The average Bonchev–Trinajstić information content (AvgIpc) is 2.36. The lowest BCUT2D eigenvalue weighted by Crippen LogP contribution is -2.35. The summed E-state index contributed by atoms with van der Waals surface area (Å²) in [6.07, 6.45) is 7.02.